The lowest BCUT2D eigenvalue weighted by molar-refractivity contribution is 0.0938. The number of nitrogens with one attached hydrogen (secondary N) is 2. The van der Waals surface area contributed by atoms with Gasteiger partial charge in [0.15, 0.2) is 0 Å². The van der Waals surface area contributed by atoms with E-state index in [0.29, 0.717) is 11.3 Å². The molecule has 1 amide bonds. The highest BCUT2D eigenvalue weighted by molar-refractivity contribution is 7.89. The summed E-state index contributed by atoms with van der Waals surface area (Å²) in [5.74, 6) is 0.560. The molecular weight excluding hydrogens is 364 g/mol. The van der Waals surface area contributed by atoms with Gasteiger partial charge in [0.25, 0.3) is 5.91 Å². The summed E-state index contributed by atoms with van der Waals surface area (Å²) in [5, 5.41) is 3.00. The van der Waals surface area contributed by atoms with Gasteiger partial charge in [-0.3, -0.25) is 4.79 Å². The zero-order chi connectivity index (χ0) is 19.3. The molecule has 0 spiro atoms. The van der Waals surface area contributed by atoms with Gasteiger partial charge in [0.1, 0.15) is 5.75 Å². The molecule has 0 bridgehead atoms. The fraction of sp³-hybridized carbons (Fsp3) is 0.350. The van der Waals surface area contributed by atoms with Gasteiger partial charge in [0.05, 0.1) is 12.0 Å². The quantitative estimate of drug-likeness (QED) is 0.764. The van der Waals surface area contributed by atoms with E-state index in [2.05, 4.69) is 10.0 Å². The predicted octanol–water partition coefficient (Wildman–Crippen LogP) is 2.85. The number of ether oxygens (including phenoxy) is 1. The molecular formula is C20H24N2O4S. The Morgan fingerprint density at radius 2 is 1.67 bits per heavy atom. The van der Waals surface area contributed by atoms with Gasteiger partial charge in [-0.2, -0.15) is 0 Å². The minimum absolute atomic E-state index is 0.133. The molecule has 7 heteroatoms. The average Bonchev–Trinajstić information content (AvgIpc) is 3.20. The average molecular weight is 388 g/mol. The Labute approximate surface area is 160 Å². The minimum Gasteiger partial charge on any atom is -0.497 e. The topological polar surface area (TPSA) is 84.5 Å². The molecule has 0 heterocycles. The molecule has 0 atom stereocenters. The summed E-state index contributed by atoms with van der Waals surface area (Å²) in [6, 6.07) is 13.4. The van der Waals surface area contributed by atoms with Crippen LogP contribution in [-0.2, 0) is 16.6 Å². The van der Waals surface area contributed by atoms with Crippen LogP contribution in [0.25, 0.3) is 0 Å². The van der Waals surface area contributed by atoms with Crippen LogP contribution in [0, 0.1) is 0 Å². The molecule has 1 aliphatic rings. The number of rotatable bonds is 7. The Hall–Kier alpha value is -2.38. The third-order valence-electron chi connectivity index (χ3n) is 4.74. The summed E-state index contributed by atoms with van der Waals surface area (Å²) < 4.78 is 32.6. The van der Waals surface area contributed by atoms with E-state index in [1.165, 1.54) is 12.1 Å². The van der Waals surface area contributed by atoms with Crippen LogP contribution in [0.5, 0.6) is 5.75 Å². The van der Waals surface area contributed by atoms with Gasteiger partial charge in [0, 0.05) is 18.2 Å². The zero-order valence-electron chi connectivity index (χ0n) is 15.3. The molecule has 0 radical (unpaired) electrons. The van der Waals surface area contributed by atoms with Gasteiger partial charge in [-0.15, -0.1) is 0 Å². The lowest BCUT2D eigenvalue weighted by atomic mass is 10.2. The number of methoxy groups -OCH3 is 1. The molecule has 1 aliphatic carbocycles. The largest absolute Gasteiger partial charge is 0.497 e. The molecule has 0 unspecified atom stereocenters. The smallest absolute Gasteiger partial charge is 0.251 e. The minimum atomic E-state index is -3.65. The number of sulfonamides is 1. The van der Waals surface area contributed by atoms with Crippen LogP contribution in [-0.4, -0.2) is 27.5 Å². The van der Waals surface area contributed by atoms with Crippen molar-refractivity contribution in [3.63, 3.8) is 0 Å². The standard InChI is InChI=1S/C20H24N2O4S/c1-26-18-10-6-15(7-11-18)14-21-27(24,25)19-12-8-16(9-13-19)20(23)22-17-4-2-3-5-17/h6-13,17,21H,2-5,14H2,1H3,(H,22,23). The van der Waals surface area contributed by atoms with Crippen LogP contribution >= 0.6 is 0 Å². The van der Waals surface area contributed by atoms with Gasteiger partial charge in [-0.1, -0.05) is 25.0 Å². The van der Waals surface area contributed by atoms with Crippen LogP contribution in [0.1, 0.15) is 41.6 Å². The molecule has 6 nitrogen and oxygen atoms in total. The molecule has 3 rings (SSSR count). The SMILES string of the molecule is COc1ccc(CNS(=O)(=O)c2ccc(C(=O)NC3CCCC3)cc2)cc1. The second kappa shape index (κ2) is 8.54. The van der Waals surface area contributed by atoms with Crippen molar-refractivity contribution in [3.05, 3.63) is 59.7 Å². The second-order valence-corrected chi connectivity index (χ2v) is 8.42. The number of carbonyl (C=O) groups excluding carboxylic acids is 1. The predicted molar refractivity (Wildman–Crippen MR) is 103 cm³/mol. The summed E-state index contributed by atoms with van der Waals surface area (Å²) in [4.78, 5) is 12.4. The molecule has 144 valence electrons. The Balaban J connectivity index is 1.61. The molecule has 0 aliphatic heterocycles. The Bertz CT molecular complexity index is 871. The van der Waals surface area contributed by atoms with Gasteiger partial charge in [-0.25, -0.2) is 13.1 Å². The Kier molecular flexibility index (Phi) is 6.13. The zero-order valence-corrected chi connectivity index (χ0v) is 16.1. The van der Waals surface area contributed by atoms with Gasteiger partial charge < -0.3 is 10.1 Å². The van der Waals surface area contributed by atoms with Crippen LogP contribution in [0.4, 0.5) is 0 Å². The first kappa shape index (κ1) is 19.4. The Morgan fingerprint density at radius 1 is 1.04 bits per heavy atom. The van der Waals surface area contributed by atoms with Crippen molar-refractivity contribution in [1.82, 2.24) is 10.0 Å². The molecule has 0 aromatic heterocycles. The first-order valence-electron chi connectivity index (χ1n) is 9.01. The number of benzene rings is 2. The maximum absolute atomic E-state index is 12.5. The molecule has 2 aromatic rings. The molecule has 1 saturated carbocycles. The first-order chi connectivity index (χ1) is 13.0. The van der Waals surface area contributed by atoms with Crippen molar-refractivity contribution in [2.75, 3.05) is 7.11 Å². The summed E-state index contributed by atoms with van der Waals surface area (Å²) in [6.45, 7) is 0.177. The number of hydrogen-bond acceptors (Lipinski definition) is 4. The van der Waals surface area contributed by atoms with Gasteiger partial charge in [-0.05, 0) is 54.8 Å². The molecule has 1 fully saturated rings. The van der Waals surface area contributed by atoms with E-state index in [0.717, 1.165) is 31.2 Å². The van der Waals surface area contributed by atoms with Gasteiger partial charge in [0.2, 0.25) is 10.0 Å². The summed E-state index contributed by atoms with van der Waals surface area (Å²) >= 11 is 0. The van der Waals surface area contributed by atoms with Gasteiger partial charge >= 0.3 is 0 Å². The highest BCUT2D eigenvalue weighted by Gasteiger charge is 2.19. The van der Waals surface area contributed by atoms with E-state index in [9.17, 15) is 13.2 Å². The molecule has 2 aromatic carbocycles. The molecule has 27 heavy (non-hydrogen) atoms. The normalized spacial score (nSPS) is 14.9. The van der Waals surface area contributed by atoms with E-state index in [1.54, 1.807) is 43.5 Å². The fourth-order valence-corrected chi connectivity index (χ4v) is 4.15. The van der Waals surface area contributed by atoms with Crippen molar-refractivity contribution in [2.24, 2.45) is 0 Å². The first-order valence-corrected chi connectivity index (χ1v) is 10.5. The number of amides is 1. The van der Waals surface area contributed by atoms with E-state index in [4.69, 9.17) is 4.74 Å². The van der Waals surface area contributed by atoms with Crippen LogP contribution in [0.15, 0.2) is 53.4 Å². The summed E-state index contributed by atoms with van der Waals surface area (Å²) in [5.41, 5.74) is 1.29. The third-order valence-corrected chi connectivity index (χ3v) is 6.16. The van der Waals surface area contributed by atoms with E-state index in [-0.39, 0.29) is 23.4 Å². The van der Waals surface area contributed by atoms with Crippen molar-refractivity contribution in [1.29, 1.82) is 0 Å². The second-order valence-electron chi connectivity index (χ2n) is 6.65. The van der Waals surface area contributed by atoms with Crippen molar-refractivity contribution >= 4 is 15.9 Å². The lowest BCUT2D eigenvalue weighted by Crippen LogP contribution is -2.32. The van der Waals surface area contributed by atoms with E-state index < -0.39 is 10.0 Å². The molecule has 0 saturated heterocycles. The maximum Gasteiger partial charge on any atom is 0.251 e. The van der Waals surface area contributed by atoms with Crippen LogP contribution < -0.4 is 14.8 Å². The number of carbonyl (C=O) groups is 1. The summed E-state index contributed by atoms with van der Waals surface area (Å²) in [6.07, 6.45) is 4.30. The maximum atomic E-state index is 12.5. The Morgan fingerprint density at radius 3 is 2.26 bits per heavy atom. The summed E-state index contributed by atoms with van der Waals surface area (Å²) in [7, 11) is -2.07. The van der Waals surface area contributed by atoms with E-state index in [1.807, 2.05) is 0 Å². The monoisotopic (exact) mass is 388 g/mol. The van der Waals surface area contributed by atoms with E-state index >= 15 is 0 Å². The van der Waals surface area contributed by atoms with Crippen LogP contribution in [0.2, 0.25) is 0 Å². The van der Waals surface area contributed by atoms with Crippen molar-refractivity contribution < 1.29 is 17.9 Å². The van der Waals surface area contributed by atoms with Crippen molar-refractivity contribution in [3.8, 4) is 5.75 Å². The number of hydrogen-bond donors (Lipinski definition) is 2. The fourth-order valence-electron chi connectivity index (χ4n) is 3.13. The van der Waals surface area contributed by atoms with Crippen LogP contribution in [0.3, 0.4) is 0 Å². The highest BCUT2D eigenvalue weighted by atomic mass is 32.2. The third kappa shape index (κ3) is 5.08. The molecule has 2 N–H and O–H groups in total. The lowest BCUT2D eigenvalue weighted by Gasteiger charge is -2.12. The van der Waals surface area contributed by atoms with Crippen molar-refractivity contribution in [2.45, 2.75) is 43.2 Å². The highest BCUT2D eigenvalue weighted by Crippen LogP contribution is 2.19.